The van der Waals surface area contributed by atoms with Gasteiger partial charge in [-0.15, -0.1) is 0 Å². The molecule has 0 radical (unpaired) electrons. The van der Waals surface area contributed by atoms with E-state index in [1.54, 1.807) is 0 Å². The maximum Gasteiger partial charge on any atom is 0.306 e. The molecule has 6 heteroatoms. The third kappa shape index (κ3) is 51.7. The molecule has 0 heterocycles. The van der Waals surface area contributed by atoms with Crippen molar-refractivity contribution < 1.29 is 24.5 Å². The number of esters is 1. The molecular weight excluding hydrogens is 851 g/mol. The van der Waals surface area contributed by atoms with Gasteiger partial charge < -0.3 is 20.3 Å². The molecule has 1 amide bonds. The van der Waals surface area contributed by atoms with Crippen LogP contribution in [0.25, 0.3) is 0 Å². The van der Waals surface area contributed by atoms with E-state index < -0.39 is 18.2 Å². The molecule has 6 nitrogen and oxygen atoms in total. The van der Waals surface area contributed by atoms with Crippen LogP contribution in [-0.4, -0.2) is 46.9 Å². The van der Waals surface area contributed by atoms with E-state index in [0.29, 0.717) is 19.3 Å². The average molecular weight is 967 g/mol. The van der Waals surface area contributed by atoms with Crippen molar-refractivity contribution in [3.8, 4) is 0 Å². The molecule has 0 aromatic carbocycles. The van der Waals surface area contributed by atoms with Gasteiger partial charge in [-0.3, -0.25) is 9.59 Å². The standard InChI is InChI=1S/C63H115NO5/c1-4-7-10-13-16-19-22-25-28-30-31-33-35-38-41-44-47-50-53-56-63(68)69-59(54-51-48-45-42-39-36-34-32-29-26-23-20-17-14-11-8-5-2)57-62(67)64-60(58-65)61(66)55-52-49-46-43-40-37-27-24-21-18-15-12-9-6-3/h8,11,17,20,26,29,34,36,42,45,59-61,65-66H,4-7,9-10,12-16,18-19,21-25,27-28,30-33,35,37-41,43-44,46-58H2,1-3H3,(H,64,67)/b11-8-,20-17-,29-26-,36-34-,45-42-. The van der Waals surface area contributed by atoms with Crippen molar-refractivity contribution in [2.24, 2.45) is 0 Å². The van der Waals surface area contributed by atoms with E-state index in [9.17, 15) is 19.8 Å². The molecule has 69 heavy (non-hydrogen) atoms. The highest BCUT2D eigenvalue weighted by Crippen LogP contribution is 2.18. The van der Waals surface area contributed by atoms with Crippen LogP contribution in [0.3, 0.4) is 0 Å². The Kier molecular flexibility index (Phi) is 54.5. The van der Waals surface area contributed by atoms with Crippen molar-refractivity contribution in [1.82, 2.24) is 5.32 Å². The summed E-state index contributed by atoms with van der Waals surface area (Å²) in [7, 11) is 0. The number of allylic oxidation sites excluding steroid dienone is 10. The molecule has 3 N–H and O–H groups in total. The zero-order chi connectivity index (χ0) is 50.2. The Morgan fingerprint density at radius 3 is 1.16 bits per heavy atom. The van der Waals surface area contributed by atoms with Crippen molar-refractivity contribution in [3.05, 3.63) is 60.8 Å². The minimum Gasteiger partial charge on any atom is -0.462 e. The van der Waals surface area contributed by atoms with Gasteiger partial charge in [0.1, 0.15) is 6.10 Å². The first-order valence-electron chi connectivity index (χ1n) is 30.0. The van der Waals surface area contributed by atoms with Crippen LogP contribution >= 0.6 is 0 Å². The van der Waals surface area contributed by atoms with Crippen molar-refractivity contribution in [2.75, 3.05) is 6.61 Å². The molecule has 0 saturated heterocycles. The Labute approximate surface area is 428 Å². The summed E-state index contributed by atoms with van der Waals surface area (Å²) in [5.41, 5.74) is 0. The number of rotatable bonds is 54. The quantitative estimate of drug-likeness (QED) is 0.0321. The predicted molar refractivity (Wildman–Crippen MR) is 301 cm³/mol. The number of hydrogen-bond acceptors (Lipinski definition) is 5. The first kappa shape index (κ1) is 66.6. The largest absolute Gasteiger partial charge is 0.462 e. The zero-order valence-electron chi connectivity index (χ0n) is 45.9. The van der Waals surface area contributed by atoms with Crippen LogP contribution < -0.4 is 5.32 Å². The molecule has 402 valence electrons. The lowest BCUT2D eigenvalue weighted by molar-refractivity contribution is -0.151. The first-order chi connectivity index (χ1) is 34.0. The first-order valence-corrected chi connectivity index (χ1v) is 30.0. The topological polar surface area (TPSA) is 95.9 Å². The number of aliphatic hydroxyl groups excluding tert-OH is 2. The summed E-state index contributed by atoms with van der Waals surface area (Å²) in [5, 5.41) is 23.9. The monoisotopic (exact) mass is 966 g/mol. The highest BCUT2D eigenvalue weighted by Gasteiger charge is 2.24. The number of unbranched alkanes of at least 4 members (excludes halogenated alkanes) is 32. The summed E-state index contributed by atoms with van der Waals surface area (Å²) in [4.78, 5) is 26.3. The second-order valence-electron chi connectivity index (χ2n) is 20.4. The smallest absolute Gasteiger partial charge is 0.306 e. The summed E-state index contributed by atoms with van der Waals surface area (Å²) in [5.74, 6) is -0.517. The van der Waals surface area contributed by atoms with E-state index in [1.165, 1.54) is 173 Å². The SMILES string of the molecule is CC/C=C\C/C=C\C/C=C\C/C=C\C/C=C\CCCC(CC(=O)NC(CO)C(O)CCCCCCCCCCCCCCCC)OC(=O)CCCCCCCCCCCCCCCCCCCCC. The van der Waals surface area contributed by atoms with E-state index in [2.05, 4.69) is 86.8 Å². The molecule has 0 aliphatic carbocycles. The van der Waals surface area contributed by atoms with Crippen LogP contribution in [-0.2, 0) is 14.3 Å². The van der Waals surface area contributed by atoms with Gasteiger partial charge in [0.2, 0.25) is 5.91 Å². The molecule has 0 aromatic heterocycles. The van der Waals surface area contributed by atoms with E-state index in [-0.39, 0.29) is 24.9 Å². The summed E-state index contributed by atoms with van der Waals surface area (Å²) in [6, 6.07) is -0.721. The van der Waals surface area contributed by atoms with E-state index in [4.69, 9.17) is 4.74 Å². The fraction of sp³-hybridized carbons (Fsp3) is 0.810. The van der Waals surface area contributed by atoms with E-state index >= 15 is 0 Å². The van der Waals surface area contributed by atoms with Crippen molar-refractivity contribution in [1.29, 1.82) is 0 Å². The van der Waals surface area contributed by atoms with Gasteiger partial charge in [-0.1, -0.05) is 287 Å². The normalized spacial score (nSPS) is 13.5. The summed E-state index contributed by atoms with van der Waals surface area (Å²) >= 11 is 0. The van der Waals surface area contributed by atoms with Crippen LogP contribution in [0.5, 0.6) is 0 Å². The predicted octanol–water partition coefficient (Wildman–Crippen LogP) is 18.7. The molecule has 0 aliphatic rings. The van der Waals surface area contributed by atoms with Crippen LogP contribution in [0.1, 0.15) is 303 Å². The number of carbonyl (C=O) groups is 2. The molecule has 0 saturated carbocycles. The number of aliphatic hydroxyl groups is 2. The Morgan fingerprint density at radius 1 is 0.435 bits per heavy atom. The van der Waals surface area contributed by atoms with Gasteiger partial charge in [-0.05, 0) is 64.2 Å². The molecule has 0 rings (SSSR count). The highest BCUT2D eigenvalue weighted by molar-refractivity contribution is 5.77. The van der Waals surface area contributed by atoms with Gasteiger partial charge in [-0.2, -0.15) is 0 Å². The average Bonchev–Trinajstić information content (AvgIpc) is 3.34. The molecule has 0 spiro atoms. The minimum absolute atomic E-state index is 0.0404. The Balaban J connectivity index is 4.61. The lowest BCUT2D eigenvalue weighted by Gasteiger charge is -2.24. The number of hydrogen-bond donors (Lipinski definition) is 3. The van der Waals surface area contributed by atoms with E-state index in [1.807, 2.05) is 0 Å². The maximum atomic E-state index is 13.3. The van der Waals surface area contributed by atoms with Gasteiger partial charge in [0.15, 0.2) is 0 Å². The number of amides is 1. The van der Waals surface area contributed by atoms with Crippen molar-refractivity contribution in [2.45, 2.75) is 322 Å². The molecule has 0 bridgehead atoms. The molecule has 0 aromatic rings. The summed E-state index contributed by atoms with van der Waals surface area (Å²) in [6.45, 7) is 6.39. The molecule has 0 aliphatic heterocycles. The minimum atomic E-state index is -0.804. The molecular formula is C63H115NO5. The van der Waals surface area contributed by atoms with Crippen LogP contribution in [0.2, 0.25) is 0 Å². The third-order valence-electron chi connectivity index (χ3n) is 13.6. The Bertz CT molecular complexity index is 1220. The zero-order valence-corrected chi connectivity index (χ0v) is 45.9. The van der Waals surface area contributed by atoms with Gasteiger partial charge in [0.25, 0.3) is 0 Å². The van der Waals surface area contributed by atoms with Gasteiger partial charge in [-0.25, -0.2) is 0 Å². The van der Waals surface area contributed by atoms with Crippen molar-refractivity contribution >= 4 is 11.9 Å². The molecule has 0 fully saturated rings. The van der Waals surface area contributed by atoms with Crippen LogP contribution in [0.15, 0.2) is 60.8 Å². The lowest BCUT2D eigenvalue weighted by atomic mass is 10.0. The fourth-order valence-electron chi connectivity index (χ4n) is 9.11. The Morgan fingerprint density at radius 2 is 0.783 bits per heavy atom. The molecule has 3 unspecified atom stereocenters. The second kappa shape index (κ2) is 56.5. The van der Waals surface area contributed by atoms with Gasteiger partial charge in [0, 0.05) is 6.42 Å². The van der Waals surface area contributed by atoms with Gasteiger partial charge in [0.05, 0.1) is 25.2 Å². The number of nitrogens with one attached hydrogen (secondary N) is 1. The van der Waals surface area contributed by atoms with Crippen LogP contribution in [0.4, 0.5) is 0 Å². The van der Waals surface area contributed by atoms with E-state index in [0.717, 1.165) is 83.5 Å². The summed E-state index contributed by atoms with van der Waals surface area (Å²) in [6.07, 6.45) is 71.5. The van der Waals surface area contributed by atoms with Crippen LogP contribution in [0, 0.1) is 0 Å². The highest BCUT2D eigenvalue weighted by atomic mass is 16.5. The lowest BCUT2D eigenvalue weighted by Crippen LogP contribution is -2.46. The number of carbonyl (C=O) groups excluding carboxylic acids is 2. The number of ether oxygens (including phenoxy) is 1. The molecule has 3 atom stereocenters. The third-order valence-corrected chi connectivity index (χ3v) is 13.6. The van der Waals surface area contributed by atoms with Crippen molar-refractivity contribution in [3.63, 3.8) is 0 Å². The summed E-state index contributed by atoms with van der Waals surface area (Å²) < 4.78 is 5.95. The Hall–Kier alpha value is -2.44. The second-order valence-corrected chi connectivity index (χ2v) is 20.4. The fourth-order valence-corrected chi connectivity index (χ4v) is 9.11. The van der Waals surface area contributed by atoms with Gasteiger partial charge >= 0.3 is 5.97 Å². The maximum absolute atomic E-state index is 13.3.